The molecule has 0 bridgehead atoms. The van der Waals surface area contributed by atoms with Gasteiger partial charge in [-0.3, -0.25) is 4.99 Å². The second-order valence-corrected chi connectivity index (χ2v) is 5.09. The minimum absolute atomic E-state index is 0.165. The highest BCUT2D eigenvalue weighted by atomic mass is 16.5. The van der Waals surface area contributed by atoms with E-state index >= 15 is 0 Å². The van der Waals surface area contributed by atoms with E-state index in [1.165, 1.54) is 16.7 Å². The minimum atomic E-state index is 0.165. The summed E-state index contributed by atoms with van der Waals surface area (Å²) in [4.78, 5) is 4.64. The van der Waals surface area contributed by atoms with Gasteiger partial charge in [0.2, 0.25) is 0 Å². The van der Waals surface area contributed by atoms with E-state index in [1.54, 1.807) is 7.11 Å². The van der Waals surface area contributed by atoms with Crippen LogP contribution in [-0.2, 0) is 0 Å². The molecule has 104 valence electrons. The average molecular weight is 267 g/mol. The number of aryl methyl sites for hydroxylation is 2. The van der Waals surface area contributed by atoms with Crippen LogP contribution in [0.15, 0.2) is 47.5 Å². The summed E-state index contributed by atoms with van der Waals surface area (Å²) in [5.41, 5.74) is 4.95. The molecule has 20 heavy (non-hydrogen) atoms. The van der Waals surface area contributed by atoms with Crippen LogP contribution in [0, 0.1) is 13.8 Å². The molecule has 0 saturated carbocycles. The van der Waals surface area contributed by atoms with Gasteiger partial charge in [-0.05, 0) is 61.7 Å². The topological polar surface area (TPSA) is 21.6 Å². The van der Waals surface area contributed by atoms with Crippen LogP contribution in [0.4, 0.5) is 0 Å². The fourth-order valence-corrected chi connectivity index (χ4v) is 2.26. The number of aliphatic imine (C=N–C) groups is 1. The van der Waals surface area contributed by atoms with Gasteiger partial charge in [-0.2, -0.15) is 0 Å². The molecule has 2 aromatic carbocycles. The van der Waals surface area contributed by atoms with E-state index in [0.717, 1.165) is 11.3 Å². The Kier molecular flexibility index (Phi) is 4.57. The predicted molar refractivity (Wildman–Crippen MR) is 84.9 cm³/mol. The van der Waals surface area contributed by atoms with Gasteiger partial charge >= 0.3 is 0 Å². The number of hydrogen-bond donors (Lipinski definition) is 0. The van der Waals surface area contributed by atoms with Crippen molar-refractivity contribution in [2.24, 2.45) is 4.99 Å². The van der Waals surface area contributed by atoms with E-state index < -0.39 is 0 Å². The molecule has 0 aliphatic heterocycles. The van der Waals surface area contributed by atoms with Crippen LogP contribution in [0.3, 0.4) is 0 Å². The molecule has 0 heterocycles. The monoisotopic (exact) mass is 267 g/mol. The van der Waals surface area contributed by atoms with Gasteiger partial charge in [0.1, 0.15) is 5.75 Å². The summed E-state index contributed by atoms with van der Waals surface area (Å²) < 4.78 is 5.15. The molecule has 0 aliphatic carbocycles. The van der Waals surface area contributed by atoms with Gasteiger partial charge in [-0.25, -0.2) is 0 Å². The molecular formula is C18H21NO. The Bertz CT molecular complexity index is 599. The normalized spacial score (nSPS) is 12.6. The molecule has 1 atom stereocenters. The lowest BCUT2D eigenvalue weighted by atomic mass is 10.0. The van der Waals surface area contributed by atoms with E-state index in [1.807, 2.05) is 30.5 Å². The molecule has 0 N–H and O–H groups in total. The first-order chi connectivity index (χ1) is 9.60. The molecule has 0 radical (unpaired) electrons. The van der Waals surface area contributed by atoms with Crippen LogP contribution >= 0.6 is 0 Å². The van der Waals surface area contributed by atoms with E-state index in [-0.39, 0.29) is 6.04 Å². The molecule has 0 fully saturated rings. The highest BCUT2D eigenvalue weighted by molar-refractivity contribution is 5.80. The Balaban J connectivity index is 2.13. The van der Waals surface area contributed by atoms with Crippen molar-refractivity contribution in [3.05, 3.63) is 64.7 Å². The Morgan fingerprint density at radius 2 is 1.75 bits per heavy atom. The maximum Gasteiger partial charge on any atom is 0.118 e. The van der Waals surface area contributed by atoms with Crippen molar-refractivity contribution >= 4 is 6.21 Å². The SMILES string of the molecule is COc1ccc(C=NC(C)c2ccc(C)cc2C)cc1. The summed E-state index contributed by atoms with van der Waals surface area (Å²) in [6.45, 7) is 6.38. The van der Waals surface area contributed by atoms with Crippen LogP contribution < -0.4 is 4.74 Å². The van der Waals surface area contributed by atoms with E-state index in [0.29, 0.717) is 0 Å². The first-order valence-electron chi connectivity index (χ1n) is 6.84. The molecule has 0 amide bonds. The van der Waals surface area contributed by atoms with Gasteiger partial charge in [0, 0.05) is 6.21 Å². The third-order valence-corrected chi connectivity index (χ3v) is 3.44. The lowest BCUT2D eigenvalue weighted by molar-refractivity contribution is 0.415. The molecule has 2 heteroatoms. The molecule has 0 spiro atoms. The number of rotatable bonds is 4. The lowest BCUT2D eigenvalue weighted by Gasteiger charge is -2.11. The van der Waals surface area contributed by atoms with E-state index in [9.17, 15) is 0 Å². The molecule has 2 nitrogen and oxygen atoms in total. The first-order valence-corrected chi connectivity index (χ1v) is 6.84. The van der Waals surface area contributed by atoms with Gasteiger partial charge in [-0.15, -0.1) is 0 Å². The van der Waals surface area contributed by atoms with Crippen LogP contribution in [0.5, 0.6) is 5.75 Å². The number of hydrogen-bond acceptors (Lipinski definition) is 2. The van der Waals surface area contributed by atoms with Crippen molar-refractivity contribution in [3.8, 4) is 5.75 Å². The van der Waals surface area contributed by atoms with Crippen LogP contribution in [-0.4, -0.2) is 13.3 Å². The highest BCUT2D eigenvalue weighted by Gasteiger charge is 2.05. The average Bonchev–Trinajstić information content (AvgIpc) is 2.45. The van der Waals surface area contributed by atoms with Gasteiger partial charge in [0.25, 0.3) is 0 Å². The van der Waals surface area contributed by atoms with Crippen molar-refractivity contribution in [3.63, 3.8) is 0 Å². The summed E-state index contributed by atoms with van der Waals surface area (Å²) >= 11 is 0. The van der Waals surface area contributed by atoms with Crippen molar-refractivity contribution < 1.29 is 4.74 Å². The zero-order chi connectivity index (χ0) is 14.5. The van der Waals surface area contributed by atoms with Crippen molar-refractivity contribution in [2.75, 3.05) is 7.11 Å². The summed E-state index contributed by atoms with van der Waals surface area (Å²) in [5.74, 6) is 0.865. The second-order valence-electron chi connectivity index (χ2n) is 5.09. The Hall–Kier alpha value is -2.09. The maximum absolute atomic E-state index is 5.15. The van der Waals surface area contributed by atoms with Crippen molar-refractivity contribution in [1.82, 2.24) is 0 Å². The summed E-state index contributed by atoms with van der Waals surface area (Å²) in [6.07, 6.45) is 1.92. The summed E-state index contributed by atoms with van der Waals surface area (Å²) in [7, 11) is 1.67. The molecule has 0 aliphatic rings. The highest BCUT2D eigenvalue weighted by Crippen LogP contribution is 2.21. The molecule has 0 saturated heterocycles. The smallest absolute Gasteiger partial charge is 0.118 e. The number of benzene rings is 2. The standard InChI is InChI=1S/C18H21NO/c1-13-5-10-18(14(2)11-13)15(3)19-12-16-6-8-17(20-4)9-7-16/h5-12,15H,1-4H3. The van der Waals surface area contributed by atoms with E-state index in [2.05, 4.69) is 44.0 Å². The van der Waals surface area contributed by atoms with Gasteiger partial charge < -0.3 is 4.74 Å². The van der Waals surface area contributed by atoms with E-state index in [4.69, 9.17) is 4.74 Å². The Morgan fingerprint density at radius 3 is 2.35 bits per heavy atom. The third kappa shape index (κ3) is 3.47. The number of methoxy groups -OCH3 is 1. The lowest BCUT2D eigenvalue weighted by Crippen LogP contribution is -1.95. The Labute approximate surface area is 121 Å². The van der Waals surface area contributed by atoms with Crippen molar-refractivity contribution in [1.29, 1.82) is 0 Å². The number of nitrogens with zero attached hydrogens (tertiary/aromatic N) is 1. The second kappa shape index (κ2) is 6.38. The summed E-state index contributed by atoms with van der Waals surface area (Å²) in [6, 6.07) is 14.6. The minimum Gasteiger partial charge on any atom is -0.497 e. The van der Waals surface area contributed by atoms with Crippen LogP contribution in [0.2, 0.25) is 0 Å². The Morgan fingerprint density at radius 1 is 1.05 bits per heavy atom. The third-order valence-electron chi connectivity index (χ3n) is 3.44. The predicted octanol–water partition coefficient (Wildman–Crippen LogP) is 4.49. The molecule has 2 rings (SSSR count). The molecule has 1 unspecified atom stereocenters. The molecular weight excluding hydrogens is 246 g/mol. The van der Waals surface area contributed by atoms with Gasteiger partial charge in [0.15, 0.2) is 0 Å². The zero-order valence-corrected chi connectivity index (χ0v) is 12.6. The molecule has 2 aromatic rings. The van der Waals surface area contributed by atoms with Crippen LogP contribution in [0.1, 0.15) is 35.2 Å². The fourth-order valence-electron chi connectivity index (χ4n) is 2.26. The quantitative estimate of drug-likeness (QED) is 0.748. The zero-order valence-electron chi connectivity index (χ0n) is 12.6. The maximum atomic E-state index is 5.15. The first kappa shape index (κ1) is 14.3. The summed E-state index contributed by atoms with van der Waals surface area (Å²) in [5, 5.41) is 0. The largest absolute Gasteiger partial charge is 0.497 e. The fraction of sp³-hybridized carbons (Fsp3) is 0.278. The van der Waals surface area contributed by atoms with Crippen molar-refractivity contribution in [2.45, 2.75) is 26.8 Å². The number of ether oxygens (including phenoxy) is 1. The van der Waals surface area contributed by atoms with Crippen LogP contribution in [0.25, 0.3) is 0 Å². The van der Waals surface area contributed by atoms with Gasteiger partial charge in [-0.1, -0.05) is 23.8 Å². The molecule has 0 aromatic heterocycles. The van der Waals surface area contributed by atoms with Gasteiger partial charge in [0.05, 0.1) is 13.2 Å².